The number of amides is 1. The first-order valence-electron chi connectivity index (χ1n) is 9.51. The molecule has 1 N–H and O–H groups in total. The summed E-state index contributed by atoms with van der Waals surface area (Å²) in [6, 6.07) is 20.3. The topological polar surface area (TPSA) is 81.8 Å². The summed E-state index contributed by atoms with van der Waals surface area (Å²) in [5.74, 6) is -0.290. The number of aryl methyl sites for hydroxylation is 1. The fourth-order valence-electron chi connectivity index (χ4n) is 3.17. The van der Waals surface area contributed by atoms with Crippen LogP contribution in [0.4, 0.5) is 0 Å². The molecule has 1 amide bonds. The highest BCUT2D eigenvalue weighted by molar-refractivity contribution is 5.91. The molecule has 29 heavy (non-hydrogen) atoms. The maximum atomic E-state index is 12.4. The number of carbonyl (C=O) groups excluding carboxylic acids is 1. The molecule has 0 saturated carbocycles. The Balaban J connectivity index is 1.35. The van der Waals surface area contributed by atoms with Crippen molar-refractivity contribution >= 4 is 16.9 Å². The molecule has 0 fully saturated rings. The van der Waals surface area contributed by atoms with Crippen LogP contribution in [-0.2, 0) is 13.1 Å². The van der Waals surface area contributed by atoms with E-state index in [0.29, 0.717) is 13.1 Å². The van der Waals surface area contributed by atoms with Crippen molar-refractivity contribution in [3.63, 3.8) is 0 Å². The van der Waals surface area contributed by atoms with Gasteiger partial charge in [-0.25, -0.2) is 9.67 Å². The van der Waals surface area contributed by atoms with E-state index in [2.05, 4.69) is 20.0 Å². The number of para-hydroxylation sites is 2. The molecular weight excluding hydrogens is 366 g/mol. The van der Waals surface area contributed by atoms with Crippen molar-refractivity contribution < 1.29 is 4.79 Å². The first-order valence-corrected chi connectivity index (χ1v) is 9.51. The monoisotopic (exact) mass is 387 g/mol. The van der Waals surface area contributed by atoms with E-state index in [1.807, 2.05) is 60.9 Å². The summed E-state index contributed by atoms with van der Waals surface area (Å²) in [6.07, 6.45) is 2.57. The summed E-state index contributed by atoms with van der Waals surface area (Å²) >= 11 is 0. The van der Waals surface area contributed by atoms with Gasteiger partial charge < -0.3 is 9.88 Å². The lowest BCUT2D eigenvalue weighted by molar-refractivity contribution is 0.0945. The molecule has 0 aliphatic carbocycles. The Morgan fingerprint density at radius 2 is 1.76 bits per heavy atom. The summed E-state index contributed by atoms with van der Waals surface area (Å²) in [6.45, 7) is 1.58. The third kappa shape index (κ3) is 4.40. The van der Waals surface area contributed by atoms with Crippen LogP contribution in [0.15, 0.2) is 77.9 Å². The lowest BCUT2D eigenvalue weighted by atomic mass is 10.2. The molecule has 7 heteroatoms. The number of aromatic nitrogens is 4. The highest BCUT2D eigenvalue weighted by Gasteiger charge is 2.10. The van der Waals surface area contributed by atoms with Gasteiger partial charge in [-0.1, -0.05) is 42.5 Å². The molecule has 2 aromatic heterocycles. The average molecular weight is 387 g/mol. The highest BCUT2D eigenvalue weighted by atomic mass is 16.2. The largest absolute Gasteiger partial charge is 0.351 e. The zero-order chi connectivity index (χ0) is 20.1. The van der Waals surface area contributed by atoms with Crippen molar-refractivity contribution in [2.24, 2.45) is 0 Å². The zero-order valence-corrected chi connectivity index (χ0v) is 15.9. The molecule has 2 heterocycles. The van der Waals surface area contributed by atoms with Crippen LogP contribution in [0.25, 0.3) is 11.0 Å². The maximum Gasteiger partial charge on any atom is 0.271 e. The number of imidazole rings is 1. The Hall–Kier alpha value is -3.74. The van der Waals surface area contributed by atoms with Gasteiger partial charge in [0.25, 0.3) is 11.5 Å². The summed E-state index contributed by atoms with van der Waals surface area (Å²) < 4.78 is 3.38. The van der Waals surface area contributed by atoms with E-state index >= 15 is 0 Å². The van der Waals surface area contributed by atoms with Crippen LogP contribution >= 0.6 is 0 Å². The van der Waals surface area contributed by atoms with Crippen LogP contribution in [0, 0.1) is 0 Å². The van der Waals surface area contributed by atoms with E-state index in [9.17, 15) is 9.59 Å². The number of fused-ring (bicyclic) bond motifs is 1. The number of carbonyl (C=O) groups is 1. The Kier molecular flexibility index (Phi) is 5.47. The van der Waals surface area contributed by atoms with Crippen molar-refractivity contribution in [2.75, 3.05) is 6.54 Å². The minimum absolute atomic E-state index is 0.230. The molecular formula is C22H21N5O2. The molecule has 0 unspecified atom stereocenters. The molecule has 4 aromatic rings. The van der Waals surface area contributed by atoms with Gasteiger partial charge >= 0.3 is 0 Å². The lowest BCUT2D eigenvalue weighted by Gasteiger charge is -2.09. The van der Waals surface area contributed by atoms with Gasteiger partial charge in [-0.05, 0) is 30.2 Å². The first kappa shape index (κ1) is 18.6. The molecule has 0 bridgehead atoms. The van der Waals surface area contributed by atoms with E-state index in [0.717, 1.165) is 29.6 Å². The van der Waals surface area contributed by atoms with Gasteiger partial charge in [0, 0.05) is 19.2 Å². The molecule has 7 nitrogen and oxygen atoms in total. The second kappa shape index (κ2) is 8.52. The lowest BCUT2D eigenvalue weighted by Crippen LogP contribution is -2.30. The molecule has 0 spiro atoms. The number of nitrogens with zero attached hydrogens (tertiary/aromatic N) is 4. The fourth-order valence-corrected chi connectivity index (χ4v) is 3.17. The molecule has 0 aliphatic rings. The molecule has 2 aromatic carbocycles. The summed E-state index contributed by atoms with van der Waals surface area (Å²) in [5.41, 5.74) is 2.98. The predicted molar refractivity (Wildman–Crippen MR) is 111 cm³/mol. The van der Waals surface area contributed by atoms with Gasteiger partial charge in [0.1, 0.15) is 5.69 Å². The van der Waals surface area contributed by atoms with E-state index in [1.54, 1.807) is 0 Å². The van der Waals surface area contributed by atoms with Crippen LogP contribution in [0.5, 0.6) is 0 Å². The van der Waals surface area contributed by atoms with Gasteiger partial charge in [0.2, 0.25) is 0 Å². The zero-order valence-electron chi connectivity index (χ0n) is 15.9. The quantitative estimate of drug-likeness (QED) is 0.494. The van der Waals surface area contributed by atoms with Crippen molar-refractivity contribution in [1.29, 1.82) is 0 Å². The smallest absolute Gasteiger partial charge is 0.271 e. The van der Waals surface area contributed by atoms with Gasteiger partial charge in [0.15, 0.2) is 0 Å². The third-order valence-electron chi connectivity index (χ3n) is 4.66. The van der Waals surface area contributed by atoms with Gasteiger partial charge in [-0.15, -0.1) is 0 Å². The molecule has 146 valence electrons. The van der Waals surface area contributed by atoms with Crippen molar-refractivity contribution in [1.82, 2.24) is 24.6 Å². The highest BCUT2D eigenvalue weighted by Crippen LogP contribution is 2.11. The van der Waals surface area contributed by atoms with Crippen LogP contribution in [-0.4, -0.2) is 31.8 Å². The summed E-state index contributed by atoms with van der Waals surface area (Å²) in [4.78, 5) is 28.8. The van der Waals surface area contributed by atoms with E-state index in [1.165, 1.54) is 16.8 Å². The average Bonchev–Trinajstić information content (AvgIpc) is 3.16. The molecule has 0 aliphatic heterocycles. The van der Waals surface area contributed by atoms with Crippen molar-refractivity contribution in [3.8, 4) is 0 Å². The minimum atomic E-state index is -0.290. The molecule has 4 rings (SSSR count). The number of rotatable bonds is 7. The van der Waals surface area contributed by atoms with E-state index < -0.39 is 0 Å². The predicted octanol–water partition coefficient (Wildman–Crippen LogP) is 2.46. The summed E-state index contributed by atoms with van der Waals surface area (Å²) in [7, 11) is 0. The Bertz CT molecular complexity index is 1180. The minimum Gasteiger partial charge on any atom is -0.351 e. The third-order valence-corrected chi connectivity index (χ3v) is 4.66. The standard InChI is InChI=1S/C22H21N5O2/c28-21-12-11-19(25-27(21)15-17-7-2-1-3-8-17)22(29)23-13-6-14-26-16-24-18-9-4-5-10-20(18)26/h1-5,7-12,16H,6,13-15H2,(H,23,29). The van der Waals surface area contributed by atoms with Crippen LogP contribution in [0.1, 0.15) is 22.5 Å². The first-order chi connectivity index (χ1) is 14.2. The van der Waals surface area contributed by atoms with Gasteiger partial charge in [-0.3, -0.25) is 9.59 Å². The van der Waals surface area contributed by atoms with Crippen molar-refractivity contribution in [3.05, 3.63) is 94.7 Å². The molecule has 0 saturated heterocycles. The van der Waals surface area contributed by atoms with Crippen LogP contribution in [0.2, 0.25) is 0 Å². The second-order valence-electron chi connectivity index (χ2n) is 6.74. The van der Waals surface area contributed by atoms with Crippen molar-refractivity contribution in [2.45, 2.75) is 19.5 Å². The maximum absolute atomic E-state index is 12.4. The number of nitrogens with one attached hydrogen (secondary N) is 1. The SMILES string of the molecule is O=C(NCCCn1cnc2ccccc21)c1ccc(=O)n(Cc2ccccc2)n1. The number of hydrogen-bond donors (Lipinski definition) is 1. The Morgan fingerprint density at radius 1 is 0.966 bits per heavy atom. The van der Waals surface area contributed by atoms with Gasteiger partial charge in [0.05, 0.1) is 23.9 Å². The van der Waals surface area contributed by atoms with Crippen LogP contribution < -0.4 is 10.9 Å². The van der Waals surface area contributed by atoms with E-state index in [-0.39, 0.29) is 17.2 Å². The number of hydrogen-bond acceptors (Lipinski definition) is 4. The van der Waals surface area contributed by atoms with Crippen LogP contribution in [0.3, 0.4) is 0 Å². The van der Waals surface area contributed by atoms with E-state index in [4.69, 9.17) is 0 Å². The Morgan fingerprint density at radius 3 is 2.62 bits per heavy atom. The summed E-state index contributed by atoms with van der Waals surface area (Å²) in [5, 5.41) is 7.08. The van der Waals surface area contributed by atoms with Gasteiger partial charge in [-0.2, -0.15) is 5.10 Å². The fraction of sp³-hybridized carbons (Fsp3) is 0.182. The number of benzene rings is 2. The molecule has 0 atom stereocenters. The second-order valence-corrected chi connectivity index (χ2v) is 6.74. The Labute approximate surface area is 167 Å². The normalized spacial score (nSPS) is 10.9. The molecule has 0 radical (unpaired) electrons.